The molecule has 0 amide bonds. The van der Waals surface area contributed by atoms with Crippen LogP contribution in [0.2, 0.25) is 0 Å². The molecule has 0 aromatic carbocycles. The average Bonchev–Trinajstić information content (AvgIpc) is 2.70. The van der Waals surface area contributed by atoms with E-state index in [4.69, 9.17) is 18.9 Å². The van der Waals surface area contributed by atoms with E-state index in [1.807, 2.05) is 0 Å². The van der Waals surface area contributed by atoms with Gasteiger partial charge in [0.05, 0.1) is 12.7 Å². The van der Waals surface area contributed by atoms with E-state index in [0.29, 0.717) is 12.0 Å². The van der Waals surface area contributed by atoms with Gasteiger partial charge in [-0.1, -0.05) is 66.2 Å². The number of nitrogens with one attached hydrogen (secondary N) is 1. The van der Waals surface area contributed by atoms with Crippen molar-refractivity contribution in [2.75, 3.05) is 32.9 Å². The van der Waals surface area contributed by atoms with E-state index < -0.39 is 0 Å². The molecule has 1 saturated heterocycles. The zero-order valence-electron chi connectivity index (χ0n) is 19.0. The van der Waals surface area contributed by atoms with Crippen LogP contribution in [0.15, 0.2) is 0 Å². The normalized spacial score (nSPS) is 20.4. The molecule has 0 aliphatic carbocycles. The highest BCUT2D eigenvalue weighted by Crippen LogP contribution is 2.20. The van der Waals surface area contributed by atoms with Crippen LogP contribution in [0, 0.1) is 5.92 Å². The fourth-order valence-corrected chi connectivity index (χ4v) is 3.35. The minimum atomic E-state index is -0.153. The summed E-state index contributed by atoms with van der Waals surface area (Å²) in [5.41, 5.74) is 0. The average molecular weight is 402 g/mol. The van der Waals surface area contributed by atoms with Gasteiger partial charge in [0, 0.05) is 32.7 Å². The second kappa shape index (κ2) is 17.6. The van der Waals surface area contributed by atoms with Gasteiger partial charge in [-0.3, -0.25) is 0 Å². The smallest absolute Gasteiger partial charge is 0.169 e. The third-order valence-electron chi connectivity index (χ3n) is 5.25. The Morgan fingerprint density at radius 2 is 1.57 bits per heavy atom. The second-order valence-corrected chi connectivity index (χ2v) is 8.29. The first kappa shape index (κ1) is 25.8. The SMILES string of the molecule is CCCCCCOC(CNCCC1OCCC(C(C)C)O1)OCCCCCC. The lowest BCUT2D eigenvalue weighted by atomic mass is 10.0. The number of hydrogen-bond donors (Lipinski definition) is 1. The van der Waals surface area contributed by atoms with Gasteiger partial charge in [-0.25, -0.2) is 0 Å². The summed E-state index contributed by atoms with van der Waals surface area (Å²) in [7, 11) is 0. The first-order valence-electron chi connectivity index (χ1n) is 11.9. The van der Waals surface area contributed by atoms with Crippen LogP contribution in [0.3, 0.4) is 0 Å². The van der Waals surface area contributed by atoms with Crippen molar-refractivity contribution in [2.45, 2.75) is 111 Å². The lowest BCUT2D eigenvalue weighted by molar-refractivity contribution is -0.223. The monoisotopic (exact) mass is 401 g/mol. The molecule has 1 N–H and O–H groups in total. The lowest BCUT2D eigenvalue weighted by Gasteiger charge is -2.32. The minimum absolute atomic E-state index is 0.0861. The van der Waals surface area contributed by atoms with Crippen molar-refractivity contribution in [1.82, 2.24) is 5.32 Å². The van der Waals surface area contributed by atoms with Gasteiger partial charge in [0.25, 0.3) is 0 Å². The van der Waals surface area contributed by atoms with Crippen LogP contribution in [0.1, 0.15) is 91.9 Å². The van der Waals surface area contributed by atoms with Crippen molar-refractivity contribution in [3.05, 3.63) is 0 Å². The molecule has 1 fully saturated rings. The van der Waals surface area contributed by atoms with Gasteiger partial charge in [0.1, 0.15) is 0 Å². The third kappa shape index (κ3) is 13.1. The summed E-state index contributed by atoms with van der Waals surface area (Å²) in [5, 5.41) is 3.47. The van der Waals surface area contributed by atoms with Gasteiger partial charge >= 0.3 is 0 Å². The third-order valence-corrected chi connectivity index (χ3v) is 5.25. The molecule has 2 unspecified atom stereocenters. The molecule has 0 aromatic heterocycles. The Labute approximate surface area is 174 Å². The maximum absolute atomic E-state index is 6.03. The Bertz CT molecular complexity index is 327. The first-order valence-corrected chi connectivity index (χ1v) is 11.9. The summed E-state index contributed by atoms with van der Waals surface area (Å²) < 4.78 is 23.8. The molecule has 168 valence electrons. The van der Waals surface area contributed by atoms with Crippen LogP contribution in [-0.4, -0.2) is 51.6 Å². The van der Waals surface area contributed by atoms with Crippen molar-refractivity contribution >= 4 is 0 Å². The summed E-state index contributed by atoms with van der Waals surface area (Å²) in [6.07, 6.45) is 11.7. The van der Waals surface area contributed by atoms with E-state index in [-0.39, 0.29) is 12.6 Å². The Balaban J connectivity index is 2.20. The maximum atomic E-state index is 6.03. The number of rotatable bonds is 18. The summed E-state index contributed by atoms with van der Waals surface area (Å²) in [4.78, 5) is 0. The molecule has 0 bridgehead atoms. The van der Waals surface area contributed by atoms with Crippen LogP contribution in [0.25, 0.3) is 0 Å². The number of ether oxygens (including phenoxy) is 4. The highest BCUT2D eigenvalue weighted by atomic mass is 16.7. The first-order chi connectivity index (χ1) is 13.7. The Hall–Kier alpha value is -0.200. The molecular formula is C23H47NO4. The molecule has 0 aromatic rings. The van der Waals surface area contributed by atoms with Crippen LogP contribution in [0.5, 0.6) is 0 Å². The predicted octanol–water partition coefficient (Wildman–Crippen LogP) is 5.27. The fraction of sp³-hybridized carbons (Fsp3) is 1.00. The molecule has 0 spiro atoms. The van der Waals surface area contributed by atoms with E-state index >= 15 is 0 Å². The van der Waals surface area contributed by atoms with E-state index in [1.165, 1.54) is 38.5 Å². The summed E-state index contributed by atoms with van der Waals surface area (Å²) >= 11 is 0. The van der Waals surface area contributed by atoms with Crippen LogP contribution in [-0.2, 0) is 18.9 Å². The molecule has 1 rings (SSSR count). The van der Waals surface area contributed by atoms with Gasteiger partial charge in [-0.15, -0.1) is 0 Å². The summed E-state index contributed by atoms with van der Waals surface area (Å²) in [6.45, 7) is 12.8. The standard InChI is InChI=1S/C23H47NO4/c1-5-7-9-11-16-25-23(26-17-12-10-8-6-2)19-24-15-13-22-27-18-14-21(28-22)20(3)4/h20-24H,5-19H2,1-4H3. The van der Waals surface area contributed by atoms with Crippen molar-refractivity contribution in [1.29, 1.82) is 0 Å². The van der Waals surface area contributed by atoms with Gasteiger partial charge in [-0.2, -0.15) is 0 Å². The van der Waals surface area contributed by atoms with Crippen LogP contribution < -0.4 is 5.32 Å². The van der Waals surface area contributed by atoms with Gasteiger partial charge in [-0.05, 0) is 25.2 Å². The Kier molecular flexibility index (Phi) is 16.3. The van der Waals surface area contributed by atoms with E-state index in [9.17, 15) is 0 Å². The zero-order chi connectivity index (χ0) is 20.5. The Morgan fingerprint density at radius 1 is 0.929 bits per heavy atom. The molecule has 0 saturated carbocycles. The topological polar surface area (TPSA) is 49.0 Å². The summed E-state index contributed by atoms with van der Waals surface area (Å²) in [6, 6.07) is 0. The number of unbranched alkanes of at least 4 members (excludes halogenated alkanes) is 6. The largest absolute Gasteiger partial charge is 0.353 e. The summed E-state index contributed by atoms with van der Waals surface area (Å²) in [5.74, 6) is 0.547. The number of hydrogen-bond acceptors (Lipinski definition) is 5. The molecule has 5 nitrogen and oxygen atoms in total. The highest BCUT2D eigenvalue weighted by Gasteiger charge is 2.24. The van der Waals surface area contributed by atoms with Crippen LogP contribution in [0.4, 0.5) is 0 Å². The molecule has 1 heterocycles. The molecule has 2 atom stereocenters. The molecule has 1 aliphatic heterocycles. The quantitative estimate of drug-likeness (QED) is 0.250. The molecule has 1 aliphatic rings. The molecular weight excluding hydrogens is 354 g/mol. The van der Waals surface area contributed by atoms with Crippen molar-refractivity contribution in [3.63, 3.8) is 0 Å². The van der Waals surface area contributed by atoms with Crippen molar-refractivity contribution in [2.24, 2.45) is 5.92 Å². The van der Waals surface area contributed by atoms with E-state index in [0.717, 1.165) is 58.6 Å². The zero-order valence-corrected chi connectivity index (χ0v) is 19.0. The van der Waals surface area contributed by atoms with Crippen LogP contribution >= 0.6 is 0 Å². The van der Waals surface area contributed by atoms with Gasteiger partial charge in [0.2, 0.25) is 0 Å². The van der Waals surface area contributed by atoms with E-state index in [2.05, 4.69) is 33.0 Å². The molecule has 0 radical (unpaired) electrons. The van der Waals surface area contributed by atoms with Gasteiger partial charge in [0.15, 0.2) is 12.6 Å². The maximum Gasteiger partial charge on any atom is 0.169 e. The van der Waals surface area contributed by atoms with Gasteiger partial charge < -0.3 is 24.3 Å². The van der Waals surface area contributed by atoms with E-state index in [1.54, 1.807) is 0 Å². The minimum Gasteiger partial charge on any atom is -0.353 e. The second-order valence-electron chi connectivity index (χ2n) is 8.29. The highest BCUT2D eigenvalue weighted by molar-refractivity contribution is 4.68. The van der Waals surface area contributed by atoms with Crippen molar-refractivity contribution in [3.8, 4) is 0 Å². The predicted molar refractivity (Wildman–Crippen MR) is 116 cm³/mol. The molecule has 5 heteroatoms. The molecule has 28 heavy (non-hydrogen) atoms. The lowest BCUT2D eigenvalue weighted by Crippen LogP contribution is -2.38. The van der Waals surface area contributed by atoms with Crippen molar-refractivity contribution < 1.29 is 18.9 Å². The fourth-order valence-electron chi connectivity index (χ4n) is 3.35. The Morgan fingerprint density at radius 3 is 2.14 bits per heavy atom.